The van der Waals surface area contributed by atoms with Crippen LogP contribution in [-0.4, -0.2) is 208 Å². The number of hydrogen-bond donors (Lipinski definition) is 6. The summed E-state index contributed by atoms with van der Waals surface area (Å²) in [5.41, 5.74) is -0.557. The van der Waals surface area contributed by atoms with Crippen LogP contribution in [0.25, 0.3) is 0 Å². The Morgan fingerprint density at radius 3 is 1.20 bits per heavy atom. The van der Waals surface area contributed by atoms with Crippen molar-refractivity contribution in [3.05, 3.63) is 0 Å². The Hall–Kier alpha value is -6.63. The molecule has 0 spiro atoms. The first-order valence-electron chi connectivity index (χ1n) is 29.2. The number of thioether (sulfide) groups is 3. The number of ether oxygens (including phenoxy) is 1. The van der Waals surface area contributed by atoms with E-state index in [2.05, 4.69) is 44.3 Å². The Kier molecular flexibility index (Phi) is 49.9. The molecule has 10 amide bonds. The summed E-state index contributed by atoms with van der Waals surface area (Å²) in [5, 5.41) is 22.8. The maximum Gasteiger partial charge on any atom is 0.407 e. The highest BCUT2D eigenvalue weighted by atomic mass is 32.2. The maximum atomic E-state index is 12.1. The lowest BCUT2D eigenvalue weighted by molar-refractivity contribution is -0.197. The van der Waals surface area contributed by atoms with Crippen molar-refractivity contribution >= 4 is 106 Å². The molecule has 6 N–H and O–H groups in total. The van der Waals surface area contributed by atoms with Crippen LogP contribution in [0.5, 0.6) is 0 Å². The predicted molar refractivity (Wildman–Crippen MR) is 342 cm³/mol. The number of rotatable bonds is 43. The summed E-state index contributed by atoms with van der Waals surface area (Å²) in [6.07, 6.45) is 21.6. The number of hydroxylamine groups is 2. The minimum Gasteiger partial charge on any atom is -0.481 e. The van der Waals surface area contributed by atoms with Gasteiger partial charge in [-0.25, -0.2) is 9.59 Å². The molecule has 27 heteroatoms. The van der Waals surface area contributed by atoms with E-state index in [9.17, 15) is 57.5 Å². The van der Waals surface area contributed by atoms with Crippen LogP contribution in [0.3, 0.4) is 0 Å². The van der Waals surface area contributed by atoms with Crippen LogP contribution in [-0.2, 0) is 62.3 Å². The molecule has 1 saturated heterocycles. The lowest BCUT2D eigenvalue weighted by atomic mass is 10.2. The zero-order valence-corrected chi connectivity index (χ0v) is 53.9. The van der Waals surface area contributed by atoms with Crippen LogP contribution in [0.2, 0.25) is 0 Å². The molecule has 1 aliphatic heterocycles. The van der Waals surface area contributed by atoms with Gasteiger partial charge in [-0.2, -0.15) is 35.3 Å². The second-order valence-corrected chi connectivity index (χ2v) is 23.4. The van der Waals surface area contributed by atoms with Crippen LogP contribution >= 0.6 is 35.3 Å². The molecule has 1 aliphatic rings. The zero-order chi connectivity index (χ0) is 65.0. The number of carboxylic acid groups (broad SMARTS) is 1. The molecule has 0 radical (unpaired) electrons. The number of amides is 10. The monoisotopic (exact) mass is 1270 g/mol. The number of hydrogen-bond acceptors (Lipinski definition) is 17. The molecule has 0 bridgehead atoms. The topological polar surface area (TPSA) is 317 Å². The molecule has 0 aromatic carbocycles. The van der Waals surface area contributed by atoms with E-state index < -0.39 is 35.4 Å². The molecule has 1 fully saturated rings. The highest BCUT2D eigenvalue weighted by Gasteiger charge is 2.32. The van der Waals surface area contributed by atoms with Gasteiger partial charge in [-0.1, -0.05) is 20.8 Å². The third-order valence-corrected chi connectivity index (χ3v) is 14.4. The van der Waals surface area contributed by atoms with Gasteiger partial charge in [0.1, 0.15) is 5.60 Å². The largest absolute Gasteiger partial charge is 0.481 e. The van der Waals surface area contributed by atoms with Gasteiger partial charge in [-0.15, -0.1) is 42.1 Å². The fraction of sp³-hybridized carbons (Fsp3) is 0.695. The molecule has 1 heterocycles. The van der Waals surface area contributed by atoms with Crippen molar-refractivity contribution < 1.29 is 76.5 Å². The van der Waals surface area contributed by atoms with Gasteiger partial charge in [0.25, 0.3) is 11.8 Å². The SMILES string of the molecule is C#CCCCC(=O)NCCN(CCSCCC(=O)NCCNC(=O)OC(C)(C)C)C(=O)CC.C#CCCCC(=O)NCCN(CCSCCC(=O)O)C(=O)CC.C#CCCCC(=O)NCCN(CCSCCC(=O)ON1C(=O)CCC1=O)C(=O)CC.[HH].[HH].[HH]. The van der Waals surface area contributed by atoms with E-state index in [1.54, 1.807) is 61.1 Å². The number of aliphatic carboxylic acids is 1. The van der Waals surface area contributed by atoms with Gasteiger partial charge >= 0.3 is 18.0 Å². The third kappa shape index (κ3) is 47.6. The van der Waals surface area contributed by atoms with Crippen LogP contribution in [0.4, 0.5) is 4.79 Å². The molecule has 0 aromatic rings. The maximum absolute atomic E-state index is 12.1. The number of unbranched alkanes of at least 4 members (excludes halogenated alkanes) is 3. The smallest absolute Gasteiger partial charge is 0.407 e. The number of nitrogens with one attached hydrogen (secondary N) is 5. The summed E-state index contributed by atoms with van der Waals surface area (Å²) >= 11 is 4.56. The first kappa shape index (κ1) is 81.4. The standard InChI is InChI=1S/C23H40N4O5S.C20H29N3O6S.C16H26N2O4S.3H2/c1-6-8-9-10-19(28)25-14-15-27(21(30)7-2)16-18-33-17-11-20(29)24-12-13-26-22(31)32-23(3,4)5;1-3-5-6-7-16(24)21-11-12-22(17(25)4-2)13-15-30-14-10-20(28)29-23-18(26)8-9-19(23)27;1-3-5-6-7-14(19)17-9-10-18(15(20)4-2)11-13-23-12-8-16(21)22;;;/h1H,7-18H2,2-5H3,(H,24,29)(H,25,28)(H,26,31);1H,4-15H2,2H3,(H,21,24);1H,4-13H2,2H3,(H,17,19)(H,21,22);3*1H. The Morgan fingerprint density at radius 1 is 0.512 bits per heavy atom. The Labute approximate surface area is 526 Å². The quantitative estimate of drug-likeness (QED) is 0.0269. The number of carboxylic acids is 1. The average molecular weight is 1270 g/mol. The molecule has 1 rings (SSSR count). The molecule has 0 aliphatic carbocycles. The summed E-state index contributed by atoms with van der Waals surface area (Å²) in [5.74, 6) is 8.39. The molecular weight excluding hydrogens is 1170 g/mol. The fourth-order valence-electron chi connectivity index (χ4n) is 6.95. The average Bonchev–Trinajstić information content (AvgIpc) is 3.81. The number of alkyl carbamates (subject to hydrolysis) is 1. The van der Waals surface area contributed by atoms with Crippen molar-refractivity contribution in [1.82, 2.24) is 46.3 Å². The van der Waals surface area contributed by atoms with Gasteiger partial charge in [0.2, 0.25) is 41.4 Å². The third-order valence-electron chi connectivity index (χ3n) is 11.5. The highest BCUT2D eigenvalue weighted by molar-refractivity contribution is 7.99. The van der Waals surface area contributed by atoms with E-state index in [0.29, 0.717) is 195 Å². The van der Waals surface area contributed by atoms with Gasteiger partial charge in [0, 0.05) is 188 Å². The van der Waals surface area contributed by atoms with E-state index in [1.165, 1.54) is 23.5 Å². The first-order valence-corrected chi connectivity index (χ1v) is 32.6. The van der Waals surface area contributed by atoms with Crippen molar-refractivity contribution in [2.24, 2.45) is 0 Å². The minimum absolute atomic E-state index is 0. The molecule has 0 saturated carbocycles. The van der Waals surface area contributed by atoms with Gasteiger partial charge in [-0.3, -0.25) is 47.9 Å². The minimum atomic E-state index is -0.813. The summed E-state index contributed by atoms with van der Waals surface area (Å²) in [7, 11) is 0. The summed E-state index contributed by atoms with van der Waals surface area (Å²) in [6, 6.07) is 0. The van der Waals surface area contributed by atoms with Crippen molar-refractivity contribution in [3.8, 4) is 37.0 Å². The van der Waals surface area contributed by atoms with Crippen molar-refractivity contribution in [2.45, 2.75) is 156 Å². The van der Waals surface area contributed by atoms with E-state index in [0.717, 1.165) is 0 Å². The lowest BCUT2D eigenvalue weighted by Crippen LogP contribution is -2.39. The number of carbonyl (C=O) groups excluding carboxylic acids is 11. The highest BCUT2D eigenvalue weighted by Crippen LogP contribution is 2.14. The number of terminal acetylenes is 3. The molecule has 0 atom stereocenters. The predicted octanol–water partition coefficient (Wildman–Crippen LogP) is 4.87. The number of nitrogens with zero attached hydrogens (tertiary/aromatic N) is 4. The van der Waals surface area contributed by atoms with Gasteiger partial charge < -0.3 is 56.0 Å². The second-order valence-electron chi connectivity index (χ2n) is 19.7. The molecular formula is C59H101N9O15S3. The molecule has 24 nitrogen and oxygen atoms in total. The number of carbonyl (C=O) groups is 12. The van der Waals surface area contributed by atoms with Crippen LogP contribution in [0, 0.1) is 37.0 Å². The molecule has 86 heavy (non-hydrogen) atoms. The fourth-order valence-corrected chi connectivity index (χ4v) is 9.57. The van der Waals surface area contributed by atoms with E-state index >= 15 is 0 Å². The zero-order valence-electron chi connectivity index (χ0n) is 51.4. The summed E-state index contributed by atoms with van der Waals surface area (Å²) < 4.78 is 5.12. The van der Waals surface area contributed by atoms with Crippen LogP contribution in [0.1, 0.15) is 155 Å². The van der Waals surface area contributed by atoms with E-state index in [1.807, 2.05) is 6.92 Å². The molecule has 0 aromatic heterocycles. The Balaban J connectivity index is -0.000000396. The van der Waals surface area contributed by atoms with Crippen molar-refractivity contribution in [1.29, 1.82) is 0 Å². The number of imide groups is 1. The summed E-state index contributed by atoms with van der Waals surface area (Å²) in [6.45, 7) is 15.5. The second kappa shape index (κ2) is 52.7. The lowest BCUT2D eigenvalue weighted by Gasteiger charge is -2.22. The van der Waals surface area contributed by atoms with Crippen molar-refractivity contribution in [3.63, 3.8) is 0 Å². The van der Waals surface area contributed by atoms with Crippen molar-refractivity contribution in [2.75, 3.05) is 107 Å². The molecule has 490 valence electrons. The first-order chi connectivity index (χ1) is 41.0. The van der Waals surface area contributed by atoms with Gasteiger partial charge in [-0.05, 0) is 40.0 Å². The Bertz CT molecular complexity index is 2230. The van der Waals surface area contributed by atoms with Crippen LogP contribution in [0.15, 0.2) is 0 Å². The molecule has 0 unspecified atom stereocenters. The van der Waals surface area contributed by atoms with Gasteiger partial charge in [0.15, 0.2) is 0 Å². The Morgan fingerprint density at radius 2 is 0.849 bits per heavy atom. The van der Waals surface area contributed by atoms with Crippen LogP contribution < -0.4 is 26.6 Å². The normalized spacial score (nSPS) is 11.3. The van der Waals surface area contributed by atoms with Gasteiger partial charge in [0.05, 0.1) is 12.8 Å². The van der Waals surface area contributed by atoms with E-state index in [4.69, 9.17) is 34.0 Å². The summed E-state index contributed by atoms with van der Waals surface area (Å²) in [4.78, 5) is 149. The van der Waals surface area contributed by atoms with E-state index in [-0.39, 0.29) is 71.3 Å².